The van der Waals surface area contributed by atoms with Crippen molar-refractivity contribution in [2.24, 2.45) is 0 Å². The van der Waals surface area contributed by atoms with Crippen LogP contribution in [0.2, 0.25) is 5.02 Å². The Hall–Kier alpha value is -2.11. The number of sulfonamides is 1. The number of hydrogen-bond acceptors (Lipinski definition) is 7. The van der Waals surface area contributed by atoms with Gasteiger partial charge in [0.05, 0.1) is 29.8 Å². The van der Waals surface area contributed by atoms with Gasteiger partial charge in [0.1, 0.15) is 11.8 Å². The van der Waals surface area contributed by atoms with Gasteiger partial charge < -0.3 is 15.2 Å². The summed E-state index contributed by atoms with van der Waals surface area (Å²) in [5, 5.41) is 12.9. The first-order chi connectivity index (χ1) is 14.4. The fourth-order valence-corrected chi connectivity index (χ4v) is 4.39. The van der Waals surface area contributed by atoms with Gasteiger partial charge in [0.2, 0.25) is 10.0 Å². The van der Waals surface area contributed by atoms with Crippen LogP contribution < -0.4 is 10.0 Å². The minimum atomic E-state index is -3.64. The van der Waals surface area contributed by atoms with E-state index in [0.717, 1.165) is 0 Å². The first-order valence-corrected chi connectivity index (χ1v) is 11.3. The van der Waals surface area contributed by atoms with Crippen molar-refractivity contribution in [3.05, 3.63) is 53.6 Å². The van der Waals surface area contributed by atoms with E-state index in [4.69, 9.17) is 16.3 Å². The fourth-order valence-electron chi connectivity index (χ4n) is 3.22. The number of amides is 1. The second-order valence-corrected chi connectivity index (χ2v) is 9.07. The van der Waals surface area contributed by atoms with E-state index in [1.807, 2.05) is 0 Å². The topological polar surface area (TPSA) is 131 Å². The second kappa shape index (κ2) is 10.3. The van der Waals surface area contributed by atoms with Crippen molar-refractivity contribution in [2.75, 3.05) is 13.2 Å². The summed E-state index contributed by atoms with van der Waals surface area (Å²) >= 11 is 5.79. The third-order valence-electron chi connectivity index (χ3n) is 4.79. The predicted molar refractivity (Wildman–Crippen MR) is 110 cm³/mol. The molecule has 3 rings (SSSR count). The minimum absolute atomic E-state index is 0.136. The second-order valence-electron chi connectivity index (χ2n) is 6.87. The van der Waals surface area contributed by atoms with Crippen LogP contribution in [0.25, 0.3) is 0 Å². The summed E-state index contributed by atoms with van der Waals surface area (Å²) in [4.78, 5) is 20.2. The van der Waals surface area contributed by atoms with Crippen molar-refractivity contribution < 1.29 is 23.1 Å². The summed E-state index contributed by atoms with van der Waals surface area (Å²) in [6.45, 7) is -0.0805. The fraction of sp³-hybridized carbons (Fsp3) is 0.421. The standard InChI is InChI=1S/C19H23ClN4O5S/c20-13-1-4-15(5-2-13)30(27,28)23-8-7-14-3-6-16(18(12-25)29-14)24-19(26)17-11-21-9-10-22-17/h1-2,4-5,9-11,14,16,18,23,25H,3,6-8,12H2,(H,24,26)/t14-,16+,18+/m1/s1. The third-order valence-corrected chi connectivity index (χ3v) is 6.52. The summed E-state index contributed by atoms with van der Waals surface area (Å²) < 4.78 is 33.1. The van der Waals surface area contributed by atoms with Crippen LogP contribution in [-0.4, -0.2) is 60.8 Å². The molecule has 1 saturated heterocycles. The van der Waals surface area contributed by atoms with Crippen molar-refractivity contribution in [3.8, 4) is 0 Å². The van der Waals surface area contributed by atoms with E-state index in [9.17, 15) is 18.3 Å². The van der Waals surface area contributed by atoms with Crippen LogP contribution in [0, 0.1) is 0 Å². The first kappa shape index (κ1) is 22.6. The number of ether oxygens (including phenoxy) is 1. The Morgan fingerprint density at radius 3 is 2.67 bits per heavy atom. The molecule has 2 aromatic rings. The number of hydrogen-bond donors (Lipinski definition) is 3. The average Bonchev–Trinajstić information content (AvgIpc) is 2.75. The Kier molecular flexibility index (Phi) is 7.73. The molecule has 0 aliphatic carbocycles. The molecule has 3 N–H and O–H groups in total. The van der Waals surface area contributed by atoms with Crippen molar-refractivity contribution in [1.82, 2.24) is 20.0 Å². The molecule has 30 heavy (non-hydrogen) atoms. The van der Waals surface area contributed by atoms with Gasteiger partial charge in [-0.25, -0.2) is 18.1 Å². The van der Waals surface area contributed by atoms with E-state index in [1.54, 1.807) is 0 Å². The van der Waals surface area contributed by atoms with Crippen LogP contribution in [0.3, 0.4) is 0 Å². The van der Waals surface area contributed by atoms with E-state index in [-0.39, 0.29) is 41.8 Å². The SMILES string of the molecule is O=C(N[C@H]1CC[C@H](CCNS(=O)(=O)c2ccc(Cl)cc2)O[C@H]1CO)c1cnccn1. The zero-order chi connectivity index (χ0) is 21.6. The quantitative estimate of drug-likeness (QED) is 0.545. The number of carbonyl (C=O) groups is 1. The molecule has 0 radical (unpaired) electrons. The maximum atomic E-state index is 12.3. The first-order valence-electron chi connectivity index (χ1n) is 9.47. The summed E-state index contributed by atoms with van der Waals surface area (Å²) in [7, 11) is -3.64. The maximum Gasteiger partial charge on any atom is 0.271 e. The number of benzene rings is 1. The van der Waals surface area contributed by atoms with Crippen LogP contribution >= 0.6 is 11.6 Å². The molecule has 9 nitrogen and oxygen atoms in total. The molecule has 1 amide bonds. The molecule has 3 atom stereocenters. The number of aromatic nitrogens is 2. The van der Waals surface area contributed by atoms with Crippen molar-refractivity contribution in [2.45, 2.75) is 42.4 Å². The van der Waals surface area contributed by atoms with Gasteiger partial charge in [0.15, 0.2) is 0 Å². The molecule has 1 fully saturated rings. The number of carbonyl (C=O) groups excluding carboxylic acids is 1. The van der Waals surface area contributed by atoms with E-state index in [2.05, 4.69) is 20.0 Å². The number of nitrogens with zero attached hydrogens (tertiary/aromatic N) is 2. The van der Waals surface area contributed by atoms with Gasteiger partial charge in [-0.3, -0.25) is 9.78 Å². The van der Waals surface area contributed by atoms with Crippen molar-refractivity contribution >= 4 is 27.5 Å². The van der Waals surface area contributed by atoms with E-state index >= 15 is 0 Å². The maximum absolute atomic E-state index is 12.3. The molecule has 0 spiro atoms. The Morgan fingerprint density at radius 1 is 1.23 bits per heavy atom. The van der Waals surface area contributed by atoms with Gasteiger partial charge in [0, 0.05) is 24.0 Å². The molecule has 1 aromatic carbocycles. The van der Waals surface area contributed by atoms with E-state index in [0.29, 0.717) is 24.3 Å². The Bertz CT molecular complexity index is 943. The highest BCUT2D eigenvalue weighted by Crippen LogP contribution is 2.22. The highest BCUT2D eigenvalue weighted by molar-refractivity contribution is 7.89. The Balaban J connectivity index is 1.49. The van der Waals surface area contributed by atoms with E-state index < -0.39 is 16.1 Å². The van der Waals surface area contributed by atoms with Gasteiger partial charge in [0.25, 0.3) is 5.91 Å². The number of nitrogens with one attached hydrogen (secondary N) is 2. The van der Waals surface area contributed by atoms with Crippen LogP contribution in [0.1, 0.15) is 29.8 Å². The lowest BCUT2D eigenvalue weighted by Crippen LogP contribution is -2.51. The van der Waals surface area contributed by atoms with Crippen molar-refractivity contribution in [3.63, 3.8) is 0 Å². The monoisotopic (exact) mass is 454 g/mol. The molecule has 2 heterocycles. The predicted octanol–water partition coefficient (Wildman–Crippen LogP) is 1.14. The van der Waals surface area contributed by atoms with Gasteiger partial charge in [-0.15, -0.1) is 0 Å². The average molecular weight is 455 g/mol. The Morgan fingerprint density at radius 2 is 2.00 bits per heavy atom. The zero-order valence-electron chi connectivity index (χ0n) is 16.1. The molecular weight excluding hydrogens is 432 g/mol. The van der Waals surface area contributed by atoms with Gasteiger partial charge in [-0.2, -0.15) is 0 Å². The van der Waals surface area contributed by atoms with Gasteiger partial charge in [-0.1, -0.05) is 11.6 Å². The van der Waals surface area contributed by atoms with Crippen LogP contribution in [0.15, 0.2) is 47.8 Å². The number of rotatable bonds is 8. The molecule has 1 aliphatic rings. The Labute approximate surface area is 179 Å². The molecule has 0 unspecified atom stereocenters. The largest absolute Gasteiger partial charge is 0.394 e. The van der Waals surface area contributed by atoms with E-state index in [1.165, 1.54) is 42.9 Å². The smallest absolute Gasteiger partial charge is 0.271 e. The lowest BCUT2D eigenvalue weighted by Gasteiger charge is -2.36. The van der Waals surface area contributed by atoms with Crippen LogP contribution in [0.5, 0.6) is 0 Å². The van der Waals surface area contributed by atoms with Crippen LogP contribution in [-0.2, 0) is 14.8 Å². The molecule has 162 valence electrons. The normalized spacial score (nSPS) is 21.9. The molecule has 0 bridgehead atoms. The highest BCUT2D eigenvalue weighted by Gasteiger charge is 2.32. The number of aliphatic hydroxyl groups excluding tert-OH is 1. The summed E-state index contributed by atoms with van der Waals surface area (Å²) in [5.41, 5.74) is 0.188. The van der Waals surface area contributed by atoms with Gasteiger partial charge >= 0.3 is 0 Å². The highest BCUT2D eigenvalue weighted by atomic mass is 35.5. The van der Waals surface area contributed by atoms with Crippen molar-refractivity contribution in [1.29, 1.82) is 0 Å². The summed E-state index contributed by atoms with van der Waals surface area (Å²) in [6, 6.07) is 5.54. The zero-order valence-corrected chi connectivity index (χ0v) is 17.6. The van der Waals surface area contributed by atoms with Crippen LogP contribution in [0.4, 0.5) is 0 Å². The summed E-state index contributed by atoms with van der Waals surface area (Å²) in [6.07, 6.45) is 5.09. The molecule has 0 saturated carbocycles. The number of aliphatic hydroxyl groups is 1. The third kappa shape index (κ3) is 5.96. The summed E-state index contributed by atoms with van der Waals surface area (Å²) in [5.74, 6) is -0.385. The lowest BCUT2D eigenvalue weighted by atomic mass is 9.97. The minimum Gasteiger partial charge on any atom is -0.394 e. The lowest BCUT2D eigenvalue weighted by molar-refractivity contribution is -0.0891. The number of halogens is 1. The molecule has 11 heteroatoms. The molecule has 1 aliphatic heterocycles. The van der Waals surface area contributed by atoms with Gasteiger partial charge in [-0.05, 0) is 43.5 Å². The molecular formula is C19H23ClN4O5S. The molecule has 1 aromatic heterocycles.